The van der Waals surface area contributed by atoms with Gasteiger partial charge in [-0.15, -0.1) is 5.10 Å². The zero-order valence-corrected chi connectivity index (χ0v) is 5.14. The van der Waals surface area contributed by atoms with Crippen molar-refractivity contribution in [3.05, 3.63) is 5.69 Å². The van der Waals surface area contributed by atoms with Gasteiger partial charge in [-0.1, -0.05) is 0 Å². The van der Waals surface area contributed by atoms with E-state index in [1.54, 1.807) is 6.21 Å². The van der Waals surface area contributed by atoms with Crippen LogP contribution >= 0.6 is 11.9 Å². The quantitative estimate of drug-likeness (QED) is 0.489. The van der Waals surface area contributed by atoms with Crippen LogP contribution in [0.25, 0.3) is 0 Å². The largest absolute Gasteiger partial charge is 0.246 e. The number of aromatic amines is 1. The molecule has 0 amide bonds. The fourth-order valence-electron chi connectivity index (χ4n) is 0.546. The van der Waals surface area contributed by atoms with Crippen LogP contribution in [-0.4, -0.2) is 21.6 Å². The van der Waals surface area contributed by atoms with Crippen molar-refractivity contribution in [2.24, 2.45) is 5.10 Å². The molecular weight excluding hydrogens is 138 g/mol. The molecule has 0 unspecified atom stereocenters. The Kier molecular flexibility index (Phi) is 0.922. The minimum atomic E-state index is 0.791. The normalized spacial score (nSPS) is 14.7. The molecule has 5 nitrogen and oxygen atoms in total. The van der Waals surface area contributed by atoms with Gasteiger partial charge in [0.15, 0.2) is 5.03 Å². The summed E-state index contributed by atoms with van der Waals surface area (Å²) in [5.74, 6) is 0. The van der Waals surface area contributed by atoms with Gasteiger partial charge in [0.05, 0.1) is 6.21 Å². The predicted octanol–water partition coefficient (Wildman–Crippen LogP) is -0.251. The van der Waals surface area contributed by atoms with Gasteiger partial charge in [-0.2, -0.15) is 15.4 Å². The molecule has 2 N–H and O–H groups in total. The van der Waals surface area contributed by atoms with Gasteiger partial charge in [0.25, 0.3) is 0 Å². The first kappa shape index (κ1) is 4.80. The monoisotopic (exact) mass is 141 g/mol. The van der Waals surface area contributed by atoms with Crippen LogP contribution in [0.5, 0.6) is 0 Å². The molecule has 0 aromatic carbocycles. The molecule has 0 fully saturated rings. The molecule has 1 aliphatic heterocycles. The molecule has 6 heteroatoms. The summed E-state index contributed by atoms with van der Waals surface area (Å²) in [6.07, 6.45) is 1.62. The molecular formula is C3H3N5S. The Hall–Kier alpha value is -1.04. The first-order valence-corrected chi connectivity index (χ1v) is 3.14. The van der Waals surface area contributed by atoms with E-state index in [1.807, 2.05) is 0 Å². The number of rotatable bonds is 0. The van der Waals surface area contributed by atoms with Gasteiger partial charge in [-0.3, -0.25) is 0 Å². The lowest BCUT2D eigenvalue weighted by Gasteiger charge is -1.98. The van der Waals surface area contributed by atoms with E-state index >= 15 is 0 Å². The molecule has 1 aromatic heterocycles. The fraction of sp³-hybridized carbons (Fsp3) is 0. The molecule has 2 heterocycles. The highest BCUT2D eigenvalue weighted by Gasteiger charge is 2.08. The second kappa shape index (κ2) is 1.73. The lowest BCUT2D eigenvalue weighted by molar-refractivity contribution is 0.909. The van der Waals surface area contributed by atoms with E-state index in [9.17, 15) is 0 Å². The molecule has 2 rings (SSSR count). The van der Waals surface area contributed by atoms with Crippen LogP contribution < -0.4 is 4.83 Å². The Morgan fingerprint density at radius 1 is 1.44 bits per heavy atom. The van der Waals surface area contributed by atoms with Gasteiger partial charge in [0.1, 0.15) is 5.69 Å². The number of nitrogens with one attached hydrogen (secondary N) is 2. The molecule has 0 radical (unpaired) electrons. The van der Waals surface area contributed by atoms with Gasteiger partial charge in [0, 0.05) is 11.9 Å². The summed E-state index contributed by atoms with van der Waals surface area (Å²) >= 11 is 1.34. The molecule has 0 bridgehead atoms. The molecule has 0 spiro atoms. The standard InChI is InChI=1S/C3H3N5S/c1-2-3(6-7-5-2)9-8-4-1/h1,8H,(H,5,6,7). The number of fused-ring (bicyclic) bond motifs is 1. The van der Waals surface area contributed by atoms with Crippen LogP contribution in [0.3, 0.4) is 0 Å². The molecule has 9 heavy (non-hydrogen) atoms. The third kappa shape index (κ3) is 0.672. The smallest absolute Gasteiger partial charge is 0.169 e. The maximum absolute atomic E-state index is 3.83. The Labute approximate surface area is 55.0 Å². The van der Waals surface area contributed by atoms with Crippen molar-refractivity contribution < 1.29 is 0 Å². The average molecular weight is 141 g/mol. The topological polar surface area (TPSA) is 66.0 Å². The maximum Gasteiger partial charge on any atom is 0.169 e. The summed E-state index contributed by atoms with van der Waals surface area (Å²) in [6.45, 7) is 0. The Balaban J connectivity index is 2.53. The van der Waals surface area contributed by atoms with E-state index in [0.29, 0.717) is 0 Å². The predicted molar refractivity (Wildman–Crippen MR) is 33.0 cm³/mol. The Bertz CT molecular complexity index is 240. The van der Waals surface area contributed by atoms with Crippen LogP contribution in [-0.2, 0) is 0 Å². The van der Waals surface area contributed by atoms with Crippen molar-refractivity contribution >= 4 is 18.2 Å². The summed E-state index contributed by atoms with van der Waals surface area (Å²) in [5.41, 5.74) is 0.791. The van der Waals surface area contributed by atoms with Gasteiger partial charge < -0.3 is 0 Å². The highest BCUT2D eigenvalue weighted by atomic mass is 32.2. The van der Waals surface area contributed by atoms with E-state index in [1.165, 1.54) is 11.9 Å². The van der Waals surface area contributed by atoms with Crippen LogP contribution in [0, 0.1) is 0 Å². The van der Waals surface area contributed by atoms with Gasteiger partial charge >= 0.3 is 0 Å². The molecule has 46 valence electrons. The molecule has 1 aliphatic rings. The highest BCUT2D eigenvalue weighted by Crippen LogP contribution is 2.15. The molecule has 1 aromatic rings. The number of hydrogen-bond acceptors (Lipinski definition) is 5. The molecule has 0 aliphatic carbocycles. The van der Waals surface area contributed by atoms with Gasteiger partial charge in [0.2, 0.25) is 0 Å². The SMILES string of the molecule is C1=NNSc2n[nH]nc21. The third-order valence-electron chi connectivity index (χ3n) is 0.923. The summed E-state index contributed by atoms with van der Waals surface area (Å²) in [6, 6.07) is 0. The first-order valence-electron chi connectivity index (χ1n) is 2.32. The summed E-state index contributed by atoms with van der Waals surface area (Å²) < 4.78 is 0. The van der Waals surface area contributed by atoms with Crippen molar-refractivity contribution in [3.63, 3.8) is 0 Å². The van der Waals surface area contributed by atoms with Gasteiger partial charge in [-0.05, 0) is 0 Å². The summed E-state index contributed by atoms with van der Waals surface area (Å²) in [7, 11) is 0. The van der Waals surface area contributed by atoms with Crippen molar-refractivity contribution in [1.29, 1.82) is 0 Å². The van der Waals surface area contributed by atoms with Crippen LogP contribution in [0.2, 0.25) is 0 Å². The molecule has 0 saturated carbocycles. The second-order valence-corrected chi connectivity index (χ2v) is 2.24. The van der Waals surface area contributed by atoms with Crippen molar-refractivity contribution in [2.45, 2.75) is 5.03 Å². The Morgan fingerprint density at radius 2 is 2.44 bits per heavy atom. The number of aromatic nitrogens is 3. The molecule has 0 saturated heterocycles. The number of hydrazone groups is 1. The van der Waals surface area contributed by atoms with Crippen molar-refractivity contribution in [3.8, 4) is 0 Å². The number of hydrogen-bond donors (Lipinski definition) is 2. The first-order chi connectivity index (χ1) is 4.47. The Morgan fingerprint density at radius 3 is 3.33 bits per heavy atom. The minimum Gasteiger partial charge on any atom is -0.246 e. The van der Waals surface area contributed by atoms with E-state index < -0.39 is 0 Å². The van der Waals surface area contributed by atoms with E-state index in [4.69, 9.17) is 0 Å². The number of H-pyrrole nitrogens is 1. The second-order valence-electron chi connectivity index (χ2n) is 1.47. The van der Waals surface area contributed by atoms with Crippen LogP contribution in [0.15, 0.2) is 10.1 Å². The summed E-state index contributed by atoms with van der Waals surface area (Å²) in [5, 5.41) is 14.7. The lowest BCUT2D eigenvalue weighted by atomic mass is 10.5. The van der Waals surface area contributed by atoms with Crippen LogP contribution in [0.1, 0.15) is 5.69 Å². The van der Waals surface area contributed by atoms with E-state index in [-0.39, 0.29) is 0 Å². The van der Waals surface area contributed by atoms with E-state index in [2.05, 4.69) is 25.3 Å². The van der Waals surface area contributed by atoms with Crippen LogP contribution in [0.4, 0.5) is 0 Å². The fourth-order valence-corrected chi connectivity index (χ4v) is 1.03. The van der Waals surface area contributed by atoms with Gasteiger partial charge in [-0.25, -0.2) is 4.83 Å². The minimum absolute atomic E-state index is 0.791. The number of nitrogens with zero attached hydrogens (tertiary/aromatic N) is 3. The molecule has 0 atom stereocenters. The third-order valence-corrected chi connectivity index (χ3v) is 1.61. The van der Waals surface area contributed by atoms with Crippen molar-refractivity contribution in [2.75, 3.05) is 0 Å². The van der Waals surface area contributed by atoms with E-state index in [0.717, 1.165) is 10.7 Å². The average Bonchev–Trinajstić information content (AvgIpc) is 2.33. The van der Waals surface area contributed by atoms with Crippen molar-refractivity contribution in [1.82, 2.24) is 20.2 Å². The maximum atomic E-state index is 3.83. The zero-order valence-electron chi connectivity index (χ0n) is 4.33. The summed E-state index contributed by atoms with van der Waals surface area (Å²) in [4.78, 5) is 2.69. The zero-order chi connectivity index (χ0) is 6.10. The lowest BCUT2D eigenvalue weighted by Crippen LogP contribution is -2.01. The highest BCUT2D eigenvalue weighted by molar-refractivity contribution is 7.97.